The number of nitrogens with one attached hydrogen (secondary N) is 2. The van der Waals surface area contributed by atoms with Gasteiger partial charge in [0, 0.05) is 61.1 Å². The summed E-state index contributed by atoms with van der Waals surface area (Å²) >= 11 is 1.33. The average molecular weight is 507 g/mol. The zero-order chi connectivity index (χ0) is 25.3. The van der Waals surface area contributed by atoms with Crippen molar-refractivity contribution in [2.45, 2.75) is 25.9 Å². The zero-order valence-corrected chi connectivity index (χ0v) is 20.7. The lowest BCUT2D eigenvalue weighted by Crippen LogP contribution is -2.18. The van der Waals surface area contributed by atoms with Crippen molar-refractivity contribution in [2.24, 2.45) is 0 Å². The number of methoxy groups -OCH3 is 1. The Hall–Kier alpha value is -4.02. The van der Waals surface area contributed by atoms with Gasteiger partial charge in [0.25, 0.3) is 5.91 Å². The van der Waals surface area contributed by atoms with Crippen LogP contribution in [-0.2, 0) is 11.2 Å². The van der Waals surface area contributed by atoms with Crippen LogP contribution in [-0.4, -0.2) is 46.5 Å². The molecule has 0 saturated heterocycles. The highest BCUT2D eigenvalue weighted by Gasteiger charge is 2.15. The fraction of sp³-hybridized carbons (Fsp3) is 0.231. The molecule has 186 valence electrons. The molecule has 0 saturated carbocycles. The number of ether oxygens (including phenoxy) is 3. The minimum absolute atomic E-state index is 0.0154. The Balaban J connectivity index is 1.48. The molecule has 4 aromatic rings. The van der Waals surface area contributed by atoms with Gasteiger partial charge in [-0.2, -0.15) is 0 Å². The lowest BCUT2D eigenvalue weighted by atomic mass is 10.1. The molecular weight excluding hydrogens is 480 g/mol. The van der Waals surface area contributed by atoms with Crippen LogP contribution in [0.5, 0.6) is 17.2 Å². The van der Waals surface area contributed by atoms with E-state index >= 15 is 0 Å². The van der Waals surface area contributed by atoms with Gasteiger partial charge >= 0.3 is 0 Å². The number of hydrogen-bond donors (Lipinski definition) is 2. The van der Waals surface area contributed by atoms with E-state index in [-0.39, 0.29) is 17.8 Å². The average Bonchev–Trinajstić information content (AvgIpc) is 3.57. The number of Topliss-reactive ketones (excluding diaryl/α,β-unsaturated/α-hetero) is 1. The van der Waals surface area contributed by atoms with E-state index in [0.717, 1.165) is 5.82 Å². The molecule has 0 radical (unpaired) electrons. The minimum Gasteiger partial charge on any atom is -0.488 e. The first-order valence-electron chi connectivity index (χ1n) is 11.3. The van der Waals surface area contributed by atoms with Crippen LogP contribution in [0.3, 0.4) is 0 Å². The Labute approximate surface area is 212 Å². The molecule has 2 N–H and O–H groups in total. The van der Waals surface area contributed by atoms with Gasteiger partial charge in [-0.25, -0.2) is 9.97 Å². The molecule has 10 heteroatoms. The molecule has 0 spiro atoms. The molecule has 0 aliphatic rings. The number of H-pyrrole nitrogens is 1. The summed E-state index contributed by atoms with van der Waals surface area (Å²) in [5, 5.41) is 5.04. The summed E-state index contributed by atoms with van der Waals surface area (Å²) in [7, 11) is 1.59. The van der Waals surface area contributed by atoms with Crippen LogP contribution in [0.4, 0.5) is 5.13 Å². The number of benzene rings is 2. The predicted octanol–water partition coefficient (Wildman–Crippen LogP) is 5.14. The molecule has 36 heavy (non-hydrogen) atoms. The van der Waals surface area contributed by atoms with Crippen LogP contribution in [0.15, 0.2) is 66.4 Å². The van der Waals surface area contributed by atoms with Crippen molar-refractivity contribution in [3.8, 4) is 17.2 Å². The molecule has 1 atom stereocenters. The van der Waals surface area contributed by atoms with Crippen LogP contribution in [0, 0.1) is 0 Å². The number of carbonyl (C=O) groups excluding carboxylic acids is 2. The molecule has 0 unspecified atom stereocenters. The quantitative estimate of drug-likeness (QED) is 0.256. The van der Waals surface area contributed by atoms with E-state index in [1.807, 2.05) is 6.92 Å². The van der Waals surface area contributed by atoms with Crippen molar-refractivity contribution < 1.29 is 23.8 Å². The summed E-state index contributed by atoms with van der Waals surface area (Å²) in [5.41, 5.74) is 0.940. The number of anilines is 1. The largest absolute Gasteiger partial charge is 0.488 e. The normalized spacial score (nSPS) is 11.6. The van der Waals surface area contributed by atoms with Crippen molar-refractivity contribution in [1.29, 1.82) is 0 Å². The van der Waals surface area contributed by atoms with E-state index in [0.29, 0.717) is 53.0 Å². The maximum atomic E-state index is 12.8. The first kappa shape index (κ1) is 25.1. The monoisotopic (exact) mass is 506 g/mol. The third-order valence-corrected chi connectivity index (χ3v) is 5.78. The van der Waals surface area contributed by atoms with E-state index in [2.05, 4.69) is 20.3 Å². The molecule has 2 aromatic heterocycles. The number of aromatic amines is 1. The highest BCUT2D eigenvalue weighted by Crippen LogP contribution is 2.29. The maximum Gasteiger partial charge on any atom is 0.257 e. The van der Waals surface area contributed by atoms with Gasteiger partial charge < -0.3 is 19.2 Å². The van der Waals surface area contributed by atoms with Crippen LogP contribution in [0.25, 0.3) is 0 Å². The number of carbonyl (C=O) groups is 2. The lowest BCUT2D eigenvalue weighted by molar-refractivity contribution is 0.0916. The number of hydrogen-bond acceptors (Lipinski definition) is 8. The number of aryl methyl sites for hydroxylation is 1. The molecule has 0 aliphatic carbocycles. The van der Waals surface area contributed by atoms with E-state index in [1.165, 1.54) is 11.3 Å². The van der Waals surface area contributed by atoms with E-state index in [1.54, 1.807) is 73.5 Å². The second kappa shape index (κ2) is 12.1. The van der Waals surface area contributed by atoms with E-state index in [4.69, 9.17) is 14.2 Å². The lowest BCUT2D eigenvalue weighted by Gasteiger charge is -2.16. The Kier molecular flexibility index (Phi) is 8.43. The van der Waals surface area contributed by atoms with Crippen LogP contribution >= 0.6 is 11.3 Å². The number of imidazole rings is 1. The van der Waals surface area contributed by atoms with Gasteiger partial charge in [0.2, 0.25) is 0 Å². The van der Waals surface area contributed by atoms with Crippen molar-refractivity contribution in [3.63, 3.8) is 0 Å². The minimum atomic E-state index is -0.336. The molecule has 0 aliphatic heterocycles. The summed E-state index contributed by atoms with van der Waals surface area (Å²) in [4.78, 5) is 36.6. The second-order valence-corrected chi connectivity index (χ2v) is 8.85. The molecular formula is C26H26N4O5S. The van der Waals surface area contributed by atoms with Crippen molar-refractivity contribution >= 4 is 28.2 Å². The summed E-state index contributed by atoms with van der Waals surface area (Å²) < 4.78 is 17.1. The summed E-state index contributed by atoms with van der Waals surface area (Å²) in [6.45, 7) is 2.26. The summed E-state index contributed by atoms with van der Waals surface area (Å²) in [6.07, 6.45) is 5.68. The van der Waals surface area contributed by atoms with E-state index in [9.17, 15) is 9.59 Å². The number of rotatable bonds is 12. The SMILES string of the molecule is COC[C@H](C)Oc1cc(Oc2ccc(C(=O)CCc3ncc[nH]3)cc2)cc(C(=O)Nc2nccs2)c1. The third-order valence-electron chi connectivity index (χ3n) is 5.09. The highest BCUT2D eigenvalue weighted by atomic mass is 32.1. The fourth-order valence-electron chi connectivity index (χ4n) is 3.44. The van der Waals surface area contributed by atoms with Crippen LogP contribution in [0.1, 0.15) is 39.9 Å². The Morgan fingerprint density at radius 2 is 1.83 bits per heavy atom. The number of nitrogens with zero attached hydrogens (tertiary/aromatic N) is 2. The molecule has 0 fully saturated rings. The van der Waals surface area contributed by atoms with E-state index < -0.39 is 0 Å². The van der Waals surface area contributed by atoms with Gasteiger partial charge in [0.05, 0.1) is 6.61 Å². The summed E-state index contributed by atoms with van der Waals surface area (Å²) in [5.74, 6) is 1.86. The topological polar surface area (TPSA) is 115 Å². The smallest absolute Gasteiger partial charge is 0.257 e. The summed E-state index contributed by atoms with van der Waals surface area (Å²) in [6, 6.07) is 11.8. The van der Waals surface area contributed by atoms with Crippen LogP contribution in [0.2, 0.25) is 0 Å². The van der Waals surface area contributed by atoms with Crippen molar-refractivity contribution in [3.05, 3.63) is 83.4 Å². The molecule has 9 nitrogen and oxygen atoms in total. The Bertz CT molecular complexity index is 1270. The molecule has 2 aromatic carbocycles. The second-order valence-electron chi connectivity index (χ2n) is 7.95. The number of thiazole rings is 1. The number of amides is 1. The molecule has 0 bridgehead atoms. The molecule has 1 amide bonds. The molecule has 2 heterocycles. The first-order valence-corrected chi connectivity index (χ1v) is 12.2. The third kappa shape index (κ3) is 7.00. The first-order chi connectivity index (χ1) is 17.5. The van der Waals surface area contributed by atoms with Gasteiger partial charge in [0.15, 0.2) is 10.9 Å². The number of ketones is 1. The maximum absolute atomic E-state index is 12.8. The van der Waals surface area contributed by atoms with Crippen molar-refractivity contribution in [1.82, 2.24) is 15.0 Å². The molecule has 4 rings (SSSR count). The van der Waals surface area contributed by atoms with Gasteiger partial charge in [-0.15, -0.1) is 11.3 Å². The predicted molar refractivity (Wildman–Crippen MR) is 136 cm³/mol. The highest BCUT2D eigenvalue weighted by molar-refractivity contribution is 7.13. The standard InChI is InChI=1S/C26H26N4O5S/c1-17(16-33-2)34-21-13-19(25(32)30-26-29-11-12-36-26)14-22(15-21)35-20-5-3-18(4-6-20)23(31)7-8-24-27-9-10-28-24/h3-6,9-15,17H,7-8,16H2,1-2H3,(H,27,28)(H,29,30,32)/t17-/m0/s1. The zero-order valence-electron chi connectivity index (χ0n) is 19.9. The Morgan fingerprint density at radius 3 is 2.53 bits per heavy atom. The fourth-order valence-corrected chi connectivity index (χ4v) is 3.97. The van der Waals surface area contributed by atoms with Gasteiger partial charge in [-0.3, -0.25) is 14.9 Å². The van der Waals surface area contributed by atoms with Crippen molar-refractivity contribution in [2.75, 3.05) is 19.0 Å². The van der Waals surface area contributed by atoms with Gasteiger partial charge in [-0.1, -0.05) is 0 Å². The van der Waals surface area contributed by atoms with Gasteiger partial charge in [0.1, 0.15) is 29.2 Å². The number of aromatic nitrogens is 3. The van der Waals surface area contributed by atoms with Gasteiger partial charge in [-0.05, 0) is 43.3 Å². The Morgan fingerprint density at radius 1 is 1.03 bits per heavy atom. The van der Waals surface area contributed by atoms with Crippen LogP contribution < -0.4 is 14.8 Å².